The van der Waals surface area contributed by atoms with Crippen molar-refractivity contribution in [2.75, 3.05) is 17.4 Å². The number of aliphatic hydroxyl groups excluding tert-OH is 1. The molecular formula is C27H30N4O7. The minimum Gasteiger partial charge on any atom is -0.427 e. The van der Waals surface area contributed by atoms with E-state index in [4.69, 9.17) is 9.47 Å². The maximum atomic E-state index is 13.1. The van der Waals surface area contributed by atoms with E-state index in [9.17, 15) is 24.3 Å². The highest BCUT2D eigenvalue weighted by Gasteiger charge is 2.57. The lowest BCUT2D eigenvalue weighted by atomic mass is 9.82. The summed E-state index contributed by atoms with van der Waals surface area (Å²) in [6.45, 7) is 5.98. The standard InChI is InChI=1S/C27H30N4O7/c1-15(32)21-20-12-19(22(31(20)23(21)33)24(34)37-14-38-25(35)27(2,3)4)16-7-9-17(10-8-16)29-26(36)30-18-6-5-11-28-13-18/h5-11,13,15,20-21,32H,12,14H2,1-4H3,(H2,29,30,36)/t15-,20-,21-/m1/s1. The third-order valence-corrected chi connectivity index (χ3v) is 6.32. The normalized spacial score (nSPS) is 19.3. The number of urea groups is 1. The smallest absolute Gasteiger partial charge is 0.358 e. The first-order valence-corrected chi connectivity index (χ1v) is 12.1. The fourth-order valence-electron chi connectivity index (χ4n) is 4.42. The van der Waals surface area contributed by atoms with Crippen molar-refractivity contribution in [3.63, 3.8) is 0 Å². The van der Waals surface area contributed by atoms with Crippen LogP contribution in [0.2, 0.25) is 0 Å². The number of carbonyl (C=O) groups excluding carboxylic acids is 4. The van der Waals surface area contributed by atoms with Crippen molar-refractivity contribution in [3.8, 4) is 0 Å². The molecule has 3 amide bonds. The molecule has 1 aromatic carbocycles. The van der Waals surface area contributed by atoms with Crippen LogP contribution in [0, 0.1) is 11.3 Å². The van der Waals surface area contributed by atoms with E-state index < -0.39 is 42.2 Å². The zero-order valence-corrected chi connectivity index (χ0v) is 21.6. The van der Waals surface area contributed by atoms with Gasteiger partial charge in [0.05, 0.1) is 35.4 Å². The average Bonchev–Trinajstić information content (AvgIpc) is 3.19. The van der Waals surface area contributed by atoms with E-state index in [0.717, 1.165) is 0 Å². The van der Waals surface area contributed by atoms with Crippen molar-refractivity contribution in [2.24, 2.45) is 11.3 Å². The van der Waals surface area contributed by atoms with Crippen molar-refractivity contribution in [1.29, 1.82) is 0 Å². The van der Waals surface area contributed by atoms with Gasteiger partial charge in [-0.3, -0.25) is 14.6 Å². The van der Waals surface area contributed by atoms with Crippen LogP contribution in [0.15, 0.2) is 54.5 Å². The minimum absolute atomic E-state index is 0.0544. The van der Waals surface area contributed by atoms with Crippen LogP contribution < -0.4 is 10.6 Å². The molecule has 2 aliphatic heterocycles. The molecule has 0 radical (unpaired) electrons. The number of esters is 2. The lowest BCUT2D eigenvalue weighted by molar-refractivity contribution is -0.175. The van der Waals surface area contributed by atoms with Crippen molar-refractivity contribution >= 4 is 40.8 Å². The lowest BCUT2D eigenvalue weighted by Crippen LogP contribution is -2.61. The van der Waals surface area contributed by atoms with Crippen molar-refractivity contribution < 1.29 is 33.8 Å². The van der Waals surface area contributed by atoms with E-state index in [1.807, 2.05) is 0 Å². The number of carbonyl (C=O) groups is 4. The number of β-lactam (4-membered cyclic amide) rings is 1. The molecule has 0 spiro atoms. The number of nitrogens with one attached hydrogen (secondary N) is 2. The molecule has 1 aromatic heterocycles. The molecule has 3 atom stereocenters. The van der Waals surface area contributed by atoms with E-state index in [-0.39, 0.29) is 17.6 Å². The van der Waals surface area contributed by atoms with E-state index in [2.05, 4.69) is 15.6 Å². The van der Waals surface area contributed by atoms with E-state index in [0.29, 0.717) is 28.9 Å². The van der Waals surface area contributed by atoms with Gasteiger partial charge in [0.2, 0.25) is 12.7 Å². The first kappa shape index (κ1) is 26.8. The molecule has 2 aliphatic rings. The van der Waals surface area contributed by atoms with Gasteiger partial charge in [0.15, 0.2) is 0 Å². The summed E-state index contributed by atoms with van der Waals surface area (Å²) in [5, 5.41) is 15.5. The number of aromatic nitrogens is 1. The van der Waals surface area contributed by atoms with Crippen LogP contribution in [0.4, 0.5) is 16.2 Å². The van der Waals surface area contributed by atoms with Gasteiger partial charge in [-0.1, -0.05) is 12.1 Å². The van der Waals surface area contributed by atoms with Gasteiger partial charge in [0, 0.05) is 11.9 Å². The molecule has 38 heavy (non-hydrogen) atoms. The summed E-state index contributed by atoms with van der Waals surface area (Å²) in [6.07, 6.45) is 2.58. The zero-order chi connectivity index (χ0) is 27.6. The predicted molar refractivity (Wildman–Crippen MR) is 137 cm³/mol. The molecule has 4 rings (SSSR count). The monoisotopic (exact) mass is 522 g/mol. The Balaban J connectivity index is 1.51. The van der Waals surface area contributed by atoms with Gasteiger partial charge >= 0.3 is 18.0 Å². The molecule has 0 unspecified atom stereocenters. The first-order valence-electron chi connectivity index (χ1n) is 12.1. The Labute approximate surface area is 219 Å². The highest BCUT2D eigenvalue weighted by Crippen LogP contribution is 2.47. The number of hydrogen-bond acceptors (Lipinski definition) is 8. The van der Waals surface area contributed by atoms with Crippen LogP contribution in [0.5, 0.6) is 0 Å². The number of benzene rings is 1. The molecule has 3 N–H and O–H groups in total. The number of nitrogens with zero attached hydrogens (tertiary/aromatic N) is 2. The quantitative estimate of drug-likeness (QED) is 0.285. The number of fused-ring (bicyclic) bond motifs is 1. The second kappa shape index (κ2) is 10.6. The fourth-order valence-corrected chi connectivity index (χ4v) is 4.42. The summed E-state index contributed by atoms with van der Waals surface area (Å²) in [6, 6.07) is 9.34. The summed E-state index contributed by atoms with van der Waals surface area (Å²) >= 11 is 0. The van der Waals surface area contributed by atoms with Crippen molar-refractivity contribution in [3.05, 3.63) is 60.1 Å². The molecule has 3 heterocycles. The Hall–Kier alpha value is -4.25. The molecule has 1 fully saturated rings. The van der Waals surface area contributed by atoms with E-state index in [1.165, 1.54) is 11.1 Å². The maximum Gasteiger partial charge on any atom is 0.358 e. The van der Waals surface area contributed by atoms with E-state index >= 15 is 0 Å². The SMILES string of the molecule is C[C@@H](O)[C@H]1C(=O)N2C(C(=O)OCOC(=O)C(C)(C)C)=C(c3ccc(NC(=O)Nc4cccnc4)cc3)C[C@H]12. The number of ether oxygens (including phenoxy) is 2. The first-order chi connectivity index (χ1) is 18.0. The highest BCUT2D eigenvalue weighted by atomic mass is 16.7. The maximum absolute atomic E-state index is 13.1. The third kappa shape index (κ3) is 5.52. The molecule has 11 heteroatoms. The molecule has 11 nitrogen and oxygen atoms in total. The van der Waals surface area contributed by atoms with Crippen LogP contribution in [-0.2, 0) is 23.9 Å². The Morgan fingerprint density at radius 3 is 2.39 bits per heavy atom. The third-order valence-electron chi connectivity index (χ3n) is 6.32. The fraction of sp³-hybridized carbons (Fsp3) is 0.370. The van der Waals surface area contributed by atoms with Crippen molar-refractivity contribution in [2.45, 2.75) is 46.3 Å². The molecule has 0 bridgehead atoms. The van der Waals surface area contributed by atoms with Crippen LogP contribution >= 0.6 is 0 Å². The Kier molecular flexibility index (Phi) is 7.49. The van der Waals surface area contributed by atoms with Gasteiger partial charge in [-0.05, 0) is 69.5 Å². The molecule has 2 aromatic rings. The number of aliphatic hydroxyl groups is 1. The van der Waals surface area contributed by atoms with Crippen LogP contribution in [0.3, 0.4) is 0 Å². The van der Waals surface area contributed by atoms with Crippen LogP contribution in [0.25, 0.3) is 5.57 Å². The lowest BCUT2D eigenvalue weighted by Gasteiger charge is -2.44. The van der Waals surface area contributed by atoms with Gasteiger partial charge in [0.25, 0.3) is 0 Å². The number of rotatable bonds is 7. The molecular weight excluding hydrogens is 492 g/mol. The van der Waals surface area contributed by atoms with Gasteiger partial charge in [-0.25, -0.2) is 9.59 Å². The second-order valence-corrected chi connectivity index (χ2v) is 10.2. The zero-order valence-electron chi connectivity index (χ0n) is 21.6. The topological polar surface area (TPSA) is 147 Å². The Bertz CT molecular complexity index is 1270. The number of amides is 3. The summed E-state index contributed by atoms with van der Waals surface area (Å²) in [7, 11) is 0. The highest BCUT2D eigenvalue weighted by molar-refractivity contribution is 6.07. The number of anilines is 2. The van der Waals surface area contributed by atoms with Gasteiger partial charge in [-0.2, -0.15) is 0 Å². The number of hydrogen-bond donors (Lipinski definition) is 3. The second-order valence-electron chi connectivity index (χ2n) is 10.2. The van der Waals surface area contributed by atoms with Crippen LogP contribution in [-0.4, -0.2) is 57.8 Å². The molecule has 0 aliphatic carbocycles. The Morgan fingerprint density at radius 2 is 1.79 bits per heavy atom. The molecule has 200 valence electrons. The minimum atomic E-state index is -0.877. The van der Waals surface area contributed by atoms with Crippen molar-refractivity contribution in [1.82, 2.24) is 9.88 Å². The summed E-state index contributed by atoms with van der Waals surface area (Å²) < 4.78 is 10.2. The molecule has 1 saturated heterocycles. The number of pyridine rings is 1. The van der Waals surface area contributed by atoms with Gasteiger partial charge < -0.3 is 30.1 Å². The predicted octanol–water partition coefficient (Wildman–Crippen LogP) is 3.14. The largest absolute Gasteiger partial charge is 0.427 e. The molecule has 0 saturated carbocycles. The summed E-state index contributed by atoms with van der Waals surface area (Å²) in [5.41, 5.74) is 1.54. The summed E-state index contributed by atoms with van der Waals surface area (Å²) in [5.74, 6) is -2.34. The average molecular weight is 523 g/mol. The van der Waals surface area contributed by atoms with Gasteiger partial charge in [0.1, 0.15) is 5.70 Å². The van der Waals surface area contributed by atoms with Gasteiger partial charge in [-0.15, -0.1) is 0 Å². The Morgan fingerprint density at radius 1 is 1.11 bits per heavy atom. The van der Waals surface area contributed by atoms with Crippen LogP contribution in [0.1, 0.15) is 39.7 Å². The summed E-state index contributed by atoms with van der Waals surface area (Å²) in [4.78, 5) is 55.4. The van der Waals surface area contributed by atoms with E-state index in [1.54, 1.807) is 70.3 Å².